The van der Waals surface area contributed by atoms with E-state index in [0.717, 1.165) is 16.8 Å². The monoisotopic (exact) mass is 459 g/mol. The third kappa shape index (κ3) is 5.14. The van der Waals surface area contributed by atoms with Crippen molar-refractivity contribution in [2.75, 3.05) is 16.8 Å². The van der Waals surface area contributed by atoms with Gasteiger partial charge in [-0.3, -0.25) is 14.4 Å². The van der Waals surface area contributed by atoms with Crippen molar-refractivity contribution < 1.29 is 27.5 Å². The third-order valence-electron chi connectivity index (χ3n) is 5.44. The van der Waals surface area contributed by atoms with Gasteiger partial charge in [0.15, 0.2) is 6.10 Å². The fraction of sp³-hybridized carbons (Fsp3) is 0.318. The Morgan fingerprint density at radius 3 is 2.44 bits per heavy atom. The molecule has 2 unspecified atom stereocenters. The quantitative estimate of drug-likeness (QED) is 0.633. The standard InChI is InChI=1S/C22H25N3O6S/c1-13-5-4-6-19(14(13)2)25-12-16(11-20(25)26)22(28)31-15(3)21(27)24-17-7-9-18(10-8-17)32(23,29)30/h4-10,15-16H,11-12H2,1-3H3,(H,24,27)(H2,23,29,30). The van der Waals surface area contributed by atoms with Crippen molar-refractivity contribution in [3.8, 4) is 0 Å². The average Bonchev–Trinajstić information content (AvgIpc) is 3.11. The first kappa shape index (κ1) is 23.4. The number of benzene rings is 2. The van der Waals surface area contributed by atoms with Crippen LogP contribution in [-0.2, 0) is 29.1 Å². The third-order valence-corrected chi connectivity index (χ3v) is 6.37. The molecular formula is C22H25N3O6S. The number of esters is 1. The van der Waals surface area contributed by atoms with Gasteiger partial charge in [-0.25, -0.2) is 13.6 Å². The average molecular weight is 460 g/mol. The predicted molar refractivity (Wildman–Crippen MR) is 118 cm³/mol. The van der Waals surface area contributed by atoms with Gasteiger partial charge in [0.05, 0.1) is 10.8 Å². The molecule has 3 rings (SSSR count). The molecule has 0 spiro atoms. The second-order valence-electron chi connectivity index (χ2n) is 7.76. The Bertz CT molecular complexity index is 1160. The molecule has 1 aliphatic rings. The van der Waals surface area contributed by atoms with Crippen molar-refractivity contribution >= 4 is 39.2 Å². The summed E-state index contributed by atoms with van der Waals surface area (Å²) in [6, 6.07) is 10.9. The Kier molecular flexibility index (Phi) is 6.65. The number of nitrogens with zero attached hydrogens (tertiary/aromatic N) is 1. The fourth-order valence-corrected chi connectivity index (χ4v) is 3.94. The summed E-state index contributed by atoms with van der Waals surface area (Å²) in [5, 5.41) is 7.59. The first-order chi connectivity index (χ1) is 15.0. The molecule has 0 aliphatic carbocycles. The zero-order valence-electron chi connectivity index (χ0n) is 18.0. The van der Waals surface area contributed by atoms with Crippen molar-refractivity contribution in [1.82, 2.24) is 0 Å². The van der Waals surface area contributed by atoms with Gasteiger partial charge in [-0.05, 0) is 62.2 Å². The summed E-state index contributed by atoms with van der Waals surface area (Å²) in [6.45, 7) is 5.48. The summed E-state index contributed by atoms with van der Waals surface area (Å²) in [5.74, 6) is -2.06. The Balaban J connectivity index is 1.60. The smallest absolute Gasteiger partial charge is 0.312 e. The molecule has 2 atom stereocenters. The summed E-state index contributed by atoms with van der Waals surface area (Å²) in [6.07, 6.45) is -1.10. The first-order valence-corrected chi connectivity index (χ1v) is 11.5. The summed E-state index contributed by atoms with van der Waals surface area (Å²) in [4.78, 5) is 38.9. The van der Waals surface area contributed by atoms with Crippen LogP contribution >= 0.6 is 0 Å². The van der Waals surface area contributed by atoms with Gasteiger partial charge in [0.25, 0.3) is 5.91 Å². The van der Waals surface area contributed by atoms with Crippen molar-refractivity contribution in [2.45, 2.75) is 38.2 Å². The largest absolute Gasteiger partial charge is 0.452 e. The number of nitrogens with two attached hydrogens (primary N) is 1. The van der Waals surface area contributed by atoms with Crippen LogP contribution in [0.2, 0.25) is 0 Å². The number of aryl methyl sites for hydroxylation is 1. The van der Waals surface area contributed by atoms with E-state index in [0.29, 0.717) is 5.69 Å². The van der Waals surface area contributed by atoms with Crippen LogP contribution < -0.4 is 15.4 Å². The van der Waals surface area contributed by atoms with Gasteiger partial charge in [-0.2, -0.15) is 0 Å². The highest BCUT2D eigenvalue weighted by molar-refractivity contribution is 7.89. The maximum absolute atomic E-state index is 12.6. The summed E-state index contributed by atoms with van der Waals surface area (Å²) in [5.41, 5.74) is 3.10. The second kappa shape index (κ2) is 9.09. The van der Waals surface area contributed by atoms with E-state index >= 15 is 0 Å². The van der Waals surface area contributed by atoms with Crippen LogP contribution in [0.3, 0.4) is 0 Å². The van der Waals surface area contributed by atoms with Gasteiger partial charge in [0.2, 0.25) is 15.9 Å². The van der Waals surface area contributed by atoms with Crippen LogP contribution in [0.15, 0.2) is 47.4 Å². The molecule has 0 radical (unpaired) electrons. The van der Waals surface area contributed by atoms with Gasteiger partial charge in [-0.1, -0.05) is 12.1 Å². The summed E-state index contributed by atoms with van der Waals surface area (Å²) >= 11 is 0. The van der Waals surface area contributed by atoms with E-state index in [9.17, 15) is 22.8 Å². The van der Waals surface area contributed by atoms with Gasteiger partial charge in [0, 0.05) is 24.3 Å². The van der Waals surface area contributed by atoms with Gasteiger partial charge < -0.3 is 15.0 Å². The number of hydrogen-bond acceptors (Lipinski definition) is 6. The fourth-order valence-electron chi connectivity index (χ4n) is 3.42. The number of hydrogen-bond donors (Lipinski definition) is 2. The zero-order chi connectivity index (χ0) is 23.6. The van der Waals surface area contributed by atoms with E-state index in [1.54, 1.807) is 4.90 Å². The van der Waals surface area contributed by atoms with Crippen LogP contribution in [0.25, 0.3) is 0 Å². The SMILES string of the molecule is Cc1cccc(N2CC(C(=O)OC(C)C(=O)Nc3ccc(S(N)(=O)=O)cc3)CC2=O)c1C. The number of rotatable bonds is 6. The van der Waals surface area contributed by atoms with E-state index < -0.39 is 33.9 Å². The highest BCUT2D eigenvalue weighted by Crippen LogP contribution is 2.30. The number of amides is 2. The van der Waals surface area contributed by atoms with Gasteiger partial charge >= 0.3 is 5.97 Å². The molecule has 10 heteroatoms. The highest BCUT2D eigenvalue weighted by Gasteiger charge is 2.37. The number of nitrogens with one attached hydrogen (secondary N) is 1. The summed E-state index contributed by atoms with van der Waals surface area (Å²) in [7, 11) is -3.84. The lowest BCUT2D eigenvalue weighted by Crippen LogP contribution is -2.33. The van der Waals surface area contributed by atoms with Crippen LogP contribution in [0, 0.1) is 19.8 Å². The zero-order valence-corrected chi connectivity index (χ0v) is 18.8. The molecule has 1 saturated heterocycles. The molecule has 2 aromatic rings. The molecule has 1 aliphatic heterocycles. The molecule has 9 nitrogen and oxygen atoms in total. The van der Waals surface area contributed by atoms with Crippen LogP contribution in [0.1, 0.15) is 24.5 Å². The Morgan fingerprint density at radius 1 is 1.16 bits per heavy atom. The number of sulfonamides is 1. The topological polar surface area (TPSA) is 136 Å². The molecule has 3 N–H and O–H groups in total. The number of carbonyl (C=O) groups is 3. The van der Waals surface area contributed by atoms with Gasteiger partial charge in [-0.15, -0.1) is 0 Å². The van der Waals surface area contributed by atoms with Crippen LogP contribution in [-0.4, -0.2) is 38.9 Å². The molecular weight excluding hydrogens is 434 g/mol. The Hall–Kier alpha value is -3.24. The minimum atomic E-state index is -3.84. The molecule has 1 fully saturated rings. The van der Waals surface area contributed by atoms with E-state index in [4.69, 9.17) is 9.88 Å². The van der Waals surface area contributed by atoms with E-state index in [-0.39, 0.29) is 23.8 Å². The highest BCUT2D eigenvalue weighted by atomic mass is 32.2. The molecule has 2 amide bonds. The van der Waals surface area contributed by atoms with Crippen molar-refractivity contribution in [1.29, 1.82) is 0 Å². The lowest BCUT2D eigenvalue weighted by Gasteiger charge is -2.20. The van der Waals surface area contributed by atoms with Crippen LogP contribution in [0.5, 0.6) is 0 Å². The lowest BCUT2D eigenvalue weighted by molar-refractivity contribution is -0.157. The molecule has 0 bridgehead atoms. The number of anilines is 2. The summed E-state index contributed by atoms with van der Waals surface area (Å²) < 4.78 is 27.9. The van der Waals surface area contributed by atoms with E-state index in [2.05, 4.69) is 5.32 Å². The second-order valence-corrected chi connectivity index (χ2v) is 9.32. The predicted octanol–water partition coefficient (Wildman–Crippen LogP) is 1.87. The minimum Gasteiger partial charge on any atom is -0.452 e. The number of ether oxygens (including phenoxy) is 1. The molecule has 1 heterocycles. The Labute approximate surface area is 186 Å². The molecule has 170 valence electrons. The molecule has 32 heavy (non-hydrogen) atoms. The molecule has 0 saturated carbocycles. The maximum Gasteiger partial charge on any atom is 0.312 e. The number of carbonyl (C=O) groups excluding carboxylic acids is 3. The lowest BCUT2D eigenvalue weighted by atomic mass is 10.1. The normalized spacial score (nSPS) is 17.2. The van der Waals surface area contributed by atoms with Gasteiger partial charge in [0.1, 0.15) is 0 Å². The first-order valence-electron chi connectivity index (χ1n) is 9.98. The minimum absolute atomic E-state index is 0.00950. The van der Waals surface area contributed by atoms with E-state index in [1.807, 2.05) is 32.0 Å². The molecule has 0 aromatic heterocycles. The van der Waals surface area contributed by atoms with Crippen molar-refractivity contribution in [2.24, 2.45) is 11.1 Å². The molecule has 2 aromatic carbocycles. The Morgan fingerprint density at radius 2 is 1.81 bits per heavy atom. The van der Waals surface area contributed by atoms with Crippen molar-refractivity contribution in [3.05, 3.63) is 53.6 Å². The van der Waals surface area contributed by atoms with E-state index in [1.165, 1.54) is 31.2 Å². The maximum atomic E-state index is 12.6. The van der Waals surface area contributed by atoms with Crippen LogP contribution in [0.4, 0.5) is 11.4 Å². The number of primary sulfonamides is 1. The van der Waals surface area contributed by atoms with Crippen molar-refractivity contribution in [3.63, 3.8) is 0 Å².